The number of nitrogens with one attached hydrogen (secondary N) is 1. The Morgan fingerprint density at radius 3 is 2.38 bits per heavy atom. The minimum Gasteiger partial charge on any atom is -0.444 e. The third-order valence-electron chi connectivity index (χ3n) is 3.72. The molecule has 8 heteroatoms. The van der Waals surface area contributed by atoms with Crippen LogP contribution < -0.4 is 11.1 Å². The Bertz CT molecular complexity index is 632. The van der Waals surface area contributed by atoms with E-state index >= 15 is 0 Å². The number of carbonyl (C=O) groups is 1. The van der Waals surface area contributed by atoms with Gasteiger partial charge in [0.05, 0.1) is 11.7 Å². The van der Waals surface area contributed by atoms with Crippen LogP contribution in [0.2, 0.25) is 0 Å². The number of hydrogen-bond acceptors (Lipinski definition) is 4. The molecule has 0 saturated heterocycles. The van der Waals surface area contributed by atoms with Gasteiger partial charge in [-0.2, -0.15) is 13.2 Å². The number of hydrogen-bond donors (Lipinski definition) is 3. The van der Waals surface area contributed by atoms with Gasteiger partial charge in [-0.15, -0.1) is 0 Å². The highest BCUT2D eigenvalue weighted by molar-refractivity contribution is 5.86. The maximum absolute atomic E-state index is 12.9. The van der Waals surface area contributed by atoms with Gasteiger partial charge in [0.25, 0.3) is 0 Å². The van der Waals surface area contributed by atoms with Crippen molar-refractivity contribution in [2.45, 2.75) is 57.0 Å². The highest BCUT2D eigenvalue weighted by atomic mass is 19.4. The van der Waals surface area contributed by atoms with Gasteiger partial charge >= 0.3 is 12.3 Å². The van der Waals surface area contributed by atoms with Crippen LogP contribution >= 0.6 is 0 Å². The normalized spacial score (nSPS) is 24.2. The Balaban J connectivity index is 2.36. The molecule has 0 bridgehead atoms. The summed E-state index contributed by atoms with van der Waals surface area (Å²) in [5.41, 5.74) is 3.75. The first-order valence-electron chi connectivity index (χ1n) is 7.49. The molecular formula is C16H21F3N2O3. The molecule has 0 aliphatic heterocycles. The SMILES string of the molecule is CC(C)(C)OC(=O)Nc1cc(C(F)(F)F)ccc1C1(N)CC(O)C1. The van der Waals surface area contributed by atoms with E-state index in [1.54, 1.807) is 20.8 Å². The van der Waals surface area contributed by atoms with E-state index in [-0.39, 0.29) is 18.5 Å². The Labute approximate surface area is 138 Å². The number of carbonyl (C=O) groups excluding carboxylic acids is 1. The van der Waals surface area contributed by atoms with Gasteiger partial charge in [0.2, 0.25) is 0 Å². The first-order chi connectivity index (χ1) is 10.8. The van der Waals surface area contributed by atoms with Crippen LogP contribution in [-0.2, 0) is 16.5 Å². The van der Waals surface area contributed by atoms with E-state index in [0.29, 0.717) is 5.56 Å². The minimum absolute atomic E-state index is 0.0616. The van der Waals surface area contributed by atoms with Crippen LogP contribution in [0.15, 0.2) is 18.2 Å². The van der Waals surface area contributed by atoms with Gasteiger partial charge in [-0.1, -0.05) is 6.07 Å². The van der Waals surface area contributed by atoms with E-state index in [0.717, 1.165) is 12.1 Å². The average molecular weight is 346 g/mol. The summed E-state index contributed by atoms with van der Waals surface area (Å²) in [6, 6.07) is 2.98. The van der Waals surface area contributed by atoms with Crippen LogP contribution in [0.4, 0.5) is 23.7 Å². The fraction of sp³-hybridized carbons (Fsp3) is 0.562. The van der Waals surface area contributed by atoms with Crippen LogP contribution in [-0.4, -0.2) is 22.9 Å². The number of aliphatic hydroxyl groups is 1. The molecule has 0 heterocycles. The molecule has 0 unspecified atom stereocenters. The zero-order chi connectivity index (χ0) is 18.3. The van der Waals surface area contributed by atoms with Crippen LogP contribution in [0, 0.1) is 0 Å². The number of benzene rings is 1. The molecule has 1 aromatic rings. The Morgan fingerprint density at radius 1 is 1.33 bits per heavy atom. The van der Waals surface area contributed by atoms with Crippen molar-refractivity contribution < 1.29 is 27.8 Å². The standard InChI is InChI=1S/C16H21F3N2O3/c1-14(2,3)24-13(23)21-12-6-9(16(17,18)19)4-5-11(12)15(20)7-10(22)8-15/h4-6,10,22H,7-8,20H2,1-3H3,(H,21,23). The molecule has 5 nitrogen and oxygen atoms in total. The van der Waals surface area contributed by atoms with Crippen molar-refractivity contribution in [2.24, 2.45) is 5.73 Å². The summed E-state index contributed by atoms with van der Waals surface area (Å²) < 4.78 is 43.9. The van der Waals surface area contributed by atoms with Crippen LogP contribution in [0.25, 0.3) is 0 Å². The molecule has 0 radical (unpaired) electrons. The van der Waals surface area contributed by atoms with Gasteiger partial charge in [0, 0.05) is 11.2 Å². The van der Waals surface area contributed by atoms with Gasteiger partial charge in [-0.05, 0) is 51.3 Å². The number of nitrogens with two attached hydrogens (primary N) is 1. The Hall–Kier alpha value is -1.80. The molecule has 4 N–H and O–H groups in total. The molecule has 0 atom stereocenters. The third-order valence-corrected chi connectivity index (χ3v) is 3.72. The zero-order valence-corrected chi connectivity index (χ0v) is 13.7. The average Bonchev–Trinajstić information content (AvgIpc) is 2.33. The maximum Gasteiger partial charge on any atom is 0.416 e. The van der Waals surface area contributed by atoms with Crippen LogP contribution in [0.3, 0.4) is 0 Å². The zero-order valence-electron chi connectivity index (χ0n) is 13.7. The fourth-order valence-corrected chi connectivity index (χ4v) is 2.67. The lowest BCUT2D eigenvalue weighted by molar-refractivity contribution is -0.137. The smallest absolute Gasteiger partial charge is 0.416 e. The van der Waals surface area contributed by atoms with Crippen molar-refractivity contribution in [2.75, 3.05) is 5.32 Å². The second-order valence-electron chi connectivity index (χ2n) is 7.10. The number of anilines is 1. The molecule has 0 aromatic heterocycles. The van der Waals surface area contributed by atoms with Crippen molar-refractivity contribution >= 4 is 11.8 Å². The largest absolute Gasteiger partial charge is 0.444 e. The number of alkyl halides is 3. The fourth-order valence-electron chi connectivity index (χ4n) is 2.67. The van der Waals surface area contributed by atoms with E-state index in [9.17, 15) is 23.1 Å². The molecule has 24 heavy (non-hydrogen) atoms. The van der Waals surface area contributed by atoms with Crippen LogP contribution in [0.1, 0.15) is 44.7 Å². The maximum atomic E-state index is 12.9. The summed E-state index contributed by atoms with van der Waals surface area (Å²) >= 11 is 0. The predicted octanol–water partition coefficient (Wildman–Crippen LogP) is 3.36. The molecule has 1 fully saturated rings. The highest BCUT2D eigenvalue weighted by Gasteiger charge is 2.44. The Kier molecular flexibility index (Phi) is 4.58. The van der Waals surface area contributed by atoms with E-state index in [1.165, 1.54) is 6.07 Å². The minimum atomic E-state index is -4.55. The summed E-state index contributed by atoms with van der Waals surface area (Å²) in [4.78, 5) is 11.9. The van der Waals surface area contributed by atoms with Gasteiger partial charge in [0.1, 0.15) is 5.60 Å². The van der Waals surface area contributed by atoms with E-state index < -0.39 is 35.1 Å². The lowest BCUT2D eigenvalue weighted by Crippen LogP contribution is -2.52. The lowest BCUT2D eigenvalue weighted by Gasteiger charge is -2.43. The summed E-state index contributed by atoms with van der Waals surface area (Å²) in [5, 5.41) is 11.8. The lowest BCUT2D eigenvalue weighted by atomic mass is 9.70. The van der Waals surface area contributed by atoms with Gasteiger partial charge in [0.15, 0.2) is 0 Å². The molecule has 0 spiro atoms. The number of aliphatic hydroxyl groups excluding tert-OH is 1. The van der Waals surface area contributed by atoms with Gasteiger partial charge < -0.3 is 15.6 Å². The second-order valence-corrected chi connectivity index (χ2v) is 7.10. The van der Waals surface area contributed by atoms with Crippen molar-refractivity contribution in [1.82, 2.24) is 0 Å². The molecule has 134 valence electrons. The van der Waals surface area contributed by atoms with Crippen molar-refractivity contribution in [3.05, 3.63) is 29.3 Å². The summed E-state index contributed by atoms with van der Waals surface area (Å²) in [6.45, 7) is 4.94. The number of halogens is 3. The molecule has 2 rings (SSSR count). The van der Waals surface area contributed by atoms with Crippen molar-refractivity contribution in [3.8, 4) is 0 Å². The highest BCUT2D eigenvalue weighted by Crippen LogP contribution is 2.44. The molecule has 1 aromatic carbocycles. The molecular weight excluding hydrogens is 325 g/mol. The number of rotatable bonds is 2. The van der Waals surface area contributed by atoms with Crippen molar-refractivity contribution in [3.63, 3.8) is 0 Å². The molecule has 1 aliphatic rings. The van der Waals surface area contributed by atoms with E-state index in [4.69, 9.17) is 10.5 Å². The summed E-state index contributed by atoms with van der Waals surface area (Å²) in [5.74, 6) is 0. The van der Waals surface area contributed by atoms with Crippen LogP contribution in [0.5, 0.6) is 0 Å². The molecule has 1 aliphatic carbocycles. The Morgan fingerprint density at radius 2 is 1.92 bits per heavy atom. The third kappa shape index (κ3) is 4.18. The van der Waals surface area contributed by atoms with Crippen molar-refractivity contribution in [1.29, 1.82) is 0 Å². The van der Waals surface area contributed by atoms with E-state index in [2.05, 4.69) is 5.32 Å². The van der Waals surface area contributed by atoms with E-state index in [1.807, 2.05) is 0 Å². The molecule has 1 amide bonds. The number of amides is 1. The first-order valence-corrected chi connectivity index (χ1v) is 7.49. The first kappa shape index (κ1) is 18.5. The topological polar surface area (TPSA) is 84.6 Å². The quantitative estimate of drug-likeness (QED) is 0.767. The van der Waals surface area contributed by atoms with Gasteiger partial charge in [-0.3, -0.25) is 5.32 Å². The second kappa shape index (κ2) is 5.93. The monoisotopic (exact) mass is 346 g/mol. The van der Waals surface area contributed by atoms with Gasteiger partial charge in [-0.25, -0.2) is 4.79 Å². The number of ether oxygens (including phenoxy) is 1. The molecule has 1 saturated carbocycles. The predicted molar refractivity (Wildman–Crippen MR) is 82.4 cm³/mol. The summed E-state index contributed by atoms with van der Waals surface area (Å²) in [6.07, 6.45) is -5.61. The summed E-state index contributed by atoms with van der Waals surface area (Å²) in [7, 11) is 0.